The summed E-state index contributed by atoms with van der Waals surface area (Å²) in [6, 6.07) is 18.9. The second-order valence-electron chi connectivity index (χ2n) is 4.58. The molecule has 0 aliphatic rings. The van der Waals surface area contributed by atoms with Crippen molar-refractivity contribution in [1.82, 2.24) is 0 Å². The summed E-state index contributed by atoms with van der Waals surface area (Å²) >= 11 is 0. The molecule has 1 unspecified atom stereocenters. The standard InChI is InChI=1S/C17H18NO2/c1-13(17(19)20-2)15-10-6-7-11-16(15)18-12-14-8-4-3-5-9-14/h3-9,11,13,18H,12H2,1-2H3. The lowest BCUT2D eigenvalue weighted by Crippen LogP contribution is -2.13. The Bertz CT molecular complexity index is 566. The Labute approximate surface area is 119 Å². The van der Waals surface area contributed by atoms with Gasteiger partial charge in [0.1, 0.15) is 0 Å². The zero-order chi connectivity index (χ0) is 14.4. The Balaban J connectivity index is 2.14. The summed E-state index contributed by atoms with van der Waals surface area (Å²) in [6.07, 6.45) is 0. The molecule has 0 heterocycles. The Morgan fingerprint density at radius 1 is 1.25 bits per heavy atom. The van der Waals surface area contributed by atoms with Crippen LogP contribution in [-0.2, 0) is 16.1 Å². The zero-order valence-corrected chi connectivity index (χ0v) is 11.7. The predicted octanol–water partition coefficient (Wildman–Crippen LogP) is 3.38. The van der Waals surface area contributed by atoms with Crippen LogP contribution in [0, 0.1) is 6.07 Å². The maximum Gasteiger partial charge on any atom is 0.312 e. The van der Waals surface area contributed by atoms with Gasteiger partial charge in [-0.2, -0.15) is 0 Å². The fourth-order valence-corrected chi connectivity index (χ4v) is 2.05. The molecule has 0 aliphatic carbocycles. The highest BCUT2D eigenvalue weighted by atomic mass is 16.5. The molecule has 1 atom stereocenters. The number of methoxy groups -OCH3 is 1. The van der Waals surface area contributed by atoms with Crippen LogP contribution in [0.15, 0.2) is 48.5 Å². The van der Waals surface area contributed by atoms with E-state index in [9.17, 15) is 4.79 Å². The third-order valence-electron chi connectivity index (χ3n) is 3.20. The number of hydrogen-bond acceptors (Lipinski definition) is 3. The molecular formula is C17H18NO2. The highest BCUT2D eigenvalue weighted by Gasteiger charge is 2.18. The van der Waals surface area contributed by atoms with Crippen LogP contribution in [-0.4, -0.2) is 13.1 Å². The van der Waals surface area contributed by atoms with Gasteiger partial charge in [-0.05, 0) is 30.2 Å². The van der Waals surface area contributed by atoms with Gasteiger partial charge in [0, 0.05) is 12.2 Å². The van der Waals surface area contributed by atoms with Gasteiger partial charge < -0.3 is 10.1 Å². The number of rotatable bonds is 5. The molecule has 1 radical (unpaired) electrons. The van der Waals surface area contributed by atoms with Crippen LogP contribution < -0.4 is 5.32 Å². The highest BCUT2D eigenvalue weighted by molar-refractivity contribution is 5.80. The molecule has 1 N–H and O–H groups in total. The number of esters is 1. The summed E-state index contributed by atoms with van der Waals surface area (Å²) in [5, 5.41) is 3.35. The van der Waals surface area contributed by atoms with Gasteiger partial charge in [0.25, 0.3) is 0 Å². The Hall–Kier alpha value is -2.29. The minimum absolute atomic E-state index is 0.254. The lowest BCUT2D eigenvalue weighted by atomic mass is 9.99. The van der Waals surface area contributed by atoms with E-state index in [2.05, 4.69) is 23.5 Å². The Morgan fingerprint density at radius 2 is 2.00 bits per heavy atom. The van der Waals surface area contributed by atoms with Gasteiger partial charge in [-0.1, -0.05) is 42.5 Å². The molecule has 2 aromatic rings. The maximum absolute atomic E-state index is 11.7. The van der Waals surface area contributed by atoms with Crippen molar-refractivity contribution in [1.29, 1.82) is 0 Å². The van der Waals surface area contributed by atoms with E-state index in [1.807, 2.05) is 43.3 Å². The van der Waals surface area contributed by atoms with E-state index in [1.54, 1.807) is 0 Å². The van der Waals surface area contributed by atoms with Crippen molar-refractivity contribution in [2.75, 3.05) is 12.4 Å². The molecule has 20 heavy (non-hydrogen) atoms. The van der Waals surface area contributed by atoms with Crippen molar-refractivity contribution in [2.45, 2.75) is 19.4 Å². The lowest BCUT2D eigenvalue weighted by Gasteiger charge is -2.15. The van der Waals surface area contributed by atoms with Gasteiger partial charge in [-0.3, -0.25) is 4.79 Å². The van der Waals surface area contributed by atoms with Crippen LogP contribution in [0.25, 0.3) is 0 Å². The van der Waals surface area contributed by atoms with Crippen LogP contribution in [0.4, 0.5) is 5.69 Å². The SMILES string of the molecule is COC(=O)C(C)c1[c]cccc1NCc1ccccc1. The number of hydrogen-bond donors (Lipinski definition) is 1. The Kier molecular flexibility index (Phi) is 4.77. The predicted molar refractivity (Wildman–Crippen MR) is 79.5 cm³/mol. The van der Waals surface area contributed by atoms with Crippen molar-refractivity contribution >= 4 is 11.7 Å². The number of anilines is 1. The van der Waals surface area contributed by atoms with Gasteiger partial charge in [0.2, 0.25) is 0 Å². The summed E-state index contributed by atoms with van der Waals surface area (Å²) in [4.78, 5) is 11.7. The molecule has 3 heteroatoms. The van der Waals surface area contributed by atoms with E-state index in [4.69, 9.17) is 4.74 Å². The van der Waals surface area contributed by atoms with E-state index in [1.165, 1.54) is 12.7 Å². The van der Waals surface area contributed by atoms with E-state index in [0.29, 0.717) is 6.54 Å². The molecule has 0 bridgehead atoms. The third-order valence-corrected chi connectivity index (χ3v) is 3.20. The van der Waals surface area contributed by atoms with Gasteiger partial charge >= 0.3 is 5.97 Å². The monoisotopic (exact) mass is 268 g/mol. The molecule has 103 valence electrons. The van der Waals surface area contributed by atoms with E-state index in [-0.39, 0.29) is 11.9 Å². The minimum atomic E-state index is -0.334. The van der Waals surface area contributed by atoms with Crippen molar-refractivity contribution < 1.29 is 9.53 Å². The van der Waals surface area contributed by atoms with Crippen LogP contribution in [0.2, 0.25) is 0 Å². The van der Waals surface area contributed by atoms with Crippen molar-refractivity contribution in [3.05, 3.63) is 65.7 Å². The van der Waals surface area contributed by atoms with E-state index >= 15 is 0 Å². The van der Waals surface area contributed by atoms with Crippen LogP contribution in [0.5, 0.6) is 0 Å². The first-order valence-corrected chi connectivity index (χ1v) is 6.58. The minimum Gasteiger partial charge on any atom is -0.469 e. The molecule has 0 spiro atoms. The first kappa shape index (κ1) is 14.1. The second kappa shape index (κ2) is 6.75. The molecule has 0 saturated heterocycles. The molecule has 0 fully saturated rings. The zero-order valence-electron chi connectivity index (χ0n) is 11.7. The summed E-state index contributed by atoms with van der Waals surface area (Å²) < 4.78 is 4.80. The molecule has 2 rings (SSSR count). The number of ether oxygens (including phenoxy) is 1. The van der Waals surface area contributed by atoms with Gasteiger partial charge in [0.05, 0.1) is 13.0 Å². The molecular weight excluding hydrogens is 250 g/mol. The molecule has 0 aliphatic heterocycles. The normalized spacial score (nSPS) is 11.7. The van der Waals surface area contributed by atoms with Crippen LogP contribution in [0.1, 0.15) is 24.0 Å². The largest absolute Gasteiger partial charge is 0.469 e. The second-order valence-corrected chi connectivity index (χ2v) is 4.58. The van der Waals surface area contributed by atoms with Gasteiger partial charge in [-0.15, -0.1) is 0 Å². The molecule has 3 nitrogen and oxygen atoms in total. The first-order chi connectivity index (χ1) is 9.72. The molecule has 0 aromatic heterocycles. The summed E-state index contributed by atoms with van der Waals surface area (Å²) in [6.45, 7) is 2.53. The topological polar surface area (TPSA) is 38.3 Å². The summed E-state index contributed by atoms with van der Waals surface area (Å²) in [5.41, 5.74) is 2.93. The summed E-state index contributed by atoms with van der Waals surface area (Å²) in [7, 11) is 1.40. The van der Waals surface area contributed by atoms with Crippen LogP contribution >= 0.6 is 0 Å². The smallest absolute Gasteiger partial charge is 0.312 e. The maximum atomic E-state index is 11.7. The summed E-state index contributed by atoms with van der Waals surface area (Å²) in [5.74, 6) is -0.588. The number of nitrogens with one attached hydrogen (secondary N) is 1. The third kappa shape index (κ3) is 3.38. The number of benzene rings is 2. The van der Waals surface area contributed by atoms with Crippen molar-refractivity contribution in [3.8, 4) is 0 Å². The number of carbonyl (C=O) groups is 1. The van der Waals surface area contributed by atoms with Gasteiger partial charge in [0.15, 0.2) is 0 Å². The van der Waals surface area contributed by atoms with E-state index in [0.717, 1.165) is 11.3 Å². The van der Waals surface area contributed by atoms with E-state index < -0.39 is 0 Å². The fraction of sp³-hybridized carbons (Fsp3) is 0.235. The van der Waals surface area contributed by atoms with Crippen LogP contribution in [0.3, 0.4) is 0 Å². The Morgan fingerprint density at radius 3 is 2.70 bits per heavy atom. The fourth-order valence-electron chi connectivity index (χ4n) is 2.05. The lowest BCUT2D eigenvalue weighted by molar-refractivity contribution is -0.141. The van der Waals surface area contributed by atoms with Gasteiger partial charge in [-0.25, -0.2) is 0 Å². The molecule has 0 saturated carbocycles. The average Bonchev–Trinajstić information content (AvgIpc) is 2.52. The van der Waals surface area contributed by atoms with Crippen molar-refractivity contribution in [3.63, 3.8) is 0 Å². The van der Waals surface area contributed by atoms with Crippen molar-refractivity contribution in [2.24, 2.45) is 0 Å². The quantitative estimate of drug-likeness (QED) is 0.845. The highest BCUT2D eigenvalue weighted by Crippen LogP contribution is 2.25. The molecule has 2 aromatic carbocycles. The molecule has 0 amide bonds. The first-order valence-electron chi connectivity index (χ1n) is 6.58. The number of carbonyl (C=O) groups excluding carboxylic acids is 1. The average molecular weight is 268 g/mol.